The van der Waals surface area contributed by atoms with Crippen molar-refractivity contribution in [3.63, 3.8) is 0 Å². The van der Waals surface area contributed by atoms with E-state index in [2.05, 4.69) is 5.32 Å². The molecule has 0 amide bonds. The summed E-state index contributed by atoms with van der Waals surface area (Å²) in [4.78, 5) is 0. The molecule has 2 nitrogen and oxygen atoms in total. The lowest BCUT2D eigenvalue weighted by Gasteiger charge is -2.10. The normalized spacial score (nSPS) is 12.6. The molecule has 1 aromatic rings. The molecule has 0 unspecified atom stereocenters. The van der Waals surface area contributed by atoms with Gasteiger partial charge in [0.15, 0.2) is 0 Å². The first-order valence-electron chi connectivity index (χ1n) is 3.70. The average molecular weight is 151 g/mol. The molecular weight excluding hydrogens is 138 g/mol. The molecule has 1 rings (SSSR count). The molecule has 0 aromatic heterocycles. The first kappa shape index (κ1) is 8.08. The summed E-state index contributed by atoms with van der Waals surface area (Å²) in [5, 5.41) is 12.3. The topological polar surface area (TPSA) is 32.3 Å². The van der Waals surface area contributed by atoms with E-state index < -0.39 is 6.10 Å². The highest BCUT2D eigenvalue weighted by Gasteiger charge is 2.03. The van der Waals surface area contributed by atoms with Crippen LogP contribution in [-0.4, -0.2) is 12.2 Å². The van der Waals surface area contributed by atoms with Crippen LogP contribution in [0.1, 0.15) is 18.6 Å². The van der Waals surface area contributed by atoms with Gasteiger partial charge in [0.1, 0.15) is 0 Å². The maximum atomic E-state index is 9.30. The number of anilines is 1. The average Bonchev–Trinajstić information content (AvgIpc) is 2.04. The molecule has 0 aliphatic heterocycles. The largest absolute Gasteiger partial charge is 0.389 e. The van der Waals surface area contributed by atoms with Crippen molar-refractivity contribution in [2.45, 2.75) is 13.0 Å². The van der Waals surface area contributed by atoms with Crippen molar-refractivity contribution in [1.82, 2.24) is 0 Å². The molecule has 0 saturated carbocycles. The fourth-order valence-electron chi connectivity index (χ4n) is 1.09. The Morgan fingerprint density at radius 2 is 2.00 bits per heavy atom. The van der Waals surface area contributed by atoms with Gasteiger partial charge in [0.05, 0.1) is 6.10 Å². The smallest absolute Gasteiger partial charge is 0.0781 e. The molecule has 0 aliphatic carbocycles. The highest BCUT2D eigenvalue weighted by molar-refractivity contribution is 5.51. The molecule has 0 saturated heterocycles. The zero-order valence-electron chi connectivity index (χ0n) is 6.83. The molecule has 11 heavy (non-hydrogen) atoms. The maximum absolute atomic E-state index is 9.30. The summed E-state index contributed by atoms with van der Waals surface area (Å²) in [5.74, 6) is 0. The van der Waals surface area contributed by atoms with E-state index in [1.807, 2.05) is 31.3 Å². The van der Waals surface area contributed by atoms with Crippen LogP contribution in [0.2, 0.25) is 0 Å². The number of hydrogen-bond donors (Lipinski definition) is 2. The minimum Gasteiger partial charge on any atom is -0.389 e. The number of benzene rings is 1. The number of nitrogens with one attached hydrogen (secondary N) is 1. The first-order chi connectivity index (χ1) is 5.25. The summed E-state index contributed by atoms with van der Waals surface area (Å²) in [6.45, 7) is 1.76. The Kier molecular flexibility index (Phi) is 2.49. The number of aliphatic hydroxyl groups excluding tert-OH is 1. The number of para-hydroxylation sites is 1. The molecule has 0 spiro atoms. The van der Waals surface area contributed by atoms with E-state index in [9.17, 15) is 5.11 Å². The van der Waals surface area contributed by atoms with Gasteiger partial charge in [-0.2, -0.15) is 0 Å². The molecule has 0 bridgehead atoms. The van der Waals surface area contributed by atoms with E-state index in [1.165, 1.54) is 0 Å². The summed E-state index contributed by atoms with van der Waals surface area (Å²) in [7, 11) is 1.85. The molecule has 1 aromatic carbocycles. The van der Waals surface area contributed by atoms with Crippen LogP contribution in [0.5, 0.6) is 0 Å². The van der Waals surface area contributed by atoms with Crippen molar-refractivity contribution in [2.24, 2.45) is 0 Å². The lowest BCUT2D eigenvalue weighted by atomic mass is 10.1. The SMILES string of the molecule is CNc1ccccc1[C@@H](C)O. The fraction of sp³-hybridized carbons (Fsp3) is 0.333. The van der Waals surface area contributed by atoms with E-state index in [4.69, 9.17) is 0 Å². The maximum Gasteiger partial charge on any atom is 0.0781 e. The predicted octanol–water partition coefficient (Wildman–Crippen LogP) is 1.78. The monoisotopic (exact) mass is 151 g/mol. The zero-order chi connectivity index (χ0) is 8.27. The summed E-state index contributed by atoms with van der Waals surface area (Å²) < 4.78 is 0. The second-order valence-corrected chi connectivity index (χ2v) is 2.51. The molecular formula is C9H13NO. The van der Waals surface area contributed by atoms with Crippen LogP contribution in [0.15, 0.2) is 24.3 Å². The Morgan fingerprint density at radius 3 is 2.45 bits per heavy atom. The molecule has 0 radical (unpaired) electrons. The Bertz CT molecular complexity index is 233. The van der Waals surface area contributed by atoms with Crippen molar-refractivity contribution < 1.29 is 5.11 Å². The molecule has 0 aliphatic rings. The fourth-order valence-corrected chi connectivity index (χ4v) is 1.09. The van der Waals surface area contributed by atoms with Crippen LogP contribution >= 0.6 is 0 Å². The Hall–Kier alpha value is -1.02. The Labute approximate surface area is 66.9 Å². The first-order valence-corrected chi connectivity index (χ1v) is 3.70. The number of hydrogen-bond acceptors (Lipinski definition) is 2. The van der Waals surface area contributed by atoms with Crippen molar-refractivity contribution >= 4 is 5.69 Å². The van der Waals surface area contributed by atoms with Crippen LogP contribution in [0.25, 0.3) is 0 Å². The van der Waals surface area contributed by atoms with Crippen LogP contribution in [0, 0.1) is 0 Å². The van der Waals surface area contributed by atoms with Gasteiger partial charge >= 0.3 is 0 Å². The van der Waals surface area contributed by atoms with Gasteiger partial charge in [-0.05, 0) is 13.0 Å². The predicted molar refractivity (Wildman–Crippen MR) is 46.6 cm³/mol. The summed E-state index contributed by atoms with van der Waals surface area (Å²) in [5.41, 5.74) is 1.93. The number of aliphatic hydroxyl groups is 1. The summed E-state index contributed by atoms with van der Waals surface area (Å²) in [6.07, 6.45) is -0.404. The lowest BCUT2D eigenvalue weighted by Crippen LogP contribution is -1.97. The van der Waals surface area contributed by atoms with Crippen molar-refractivity contribution in [2.75, 3.05) is 12.4 Å². The molecule has 2 heteroatoms. The van der Waals surface area contributed by atoms with E-state index in [0.717, 1.165) is 11.3 Å². The second kappa shape index (κ2) is 3.39. The van der Waals surface area contributed by atoms with E-state index in [0.29, 0.717) is 0 Å². The van der Waals surface area contributed by atoms with Gasteiger partial charge in [0, 0.05) is 18.3 Å². The van der Waals surface area contributed by atoms with Crippen molar-refractivity contribution in [1.29, 1.82) is 0 Å². The van der Waals surface area contributed by atoms with Crippen LogP contribution in [0.4, 0.5) is 5.69 Å². The van der Waals surface area contributed by atoms with Gasteiger partial charge in [0.2, 0.25) is 0 Å². The highest BCUT2D eigenvalue weighted by Crippen LogP contribution is 2.20. The summed E-state index contributed by atoms with van der Waals surface area (Å²) in [6, 6.07) is 7.72. The molecule has 2 N–H and O–H groups in total. The van der Waals surface area contributed by atoms with E-state index >= 15 is 0 Å². The van der Waals surface area contributed by atoms with Crippen molar-refractivity contribution in [3.8, 4) is 0 Å². The van der Waals surface area contributed by atoms with Gasteiger partial charge in [-0.1, -0.05) is 18.2 Å². The third-order valence-electron chi connectivity index (χ3n) is 1.68. The Morgan fingerprint density at radius 1 is 1.36 bits per heavy atom. The standard InChI is InChI=1S/C9H13NO/c1-7(11)8-5-3-4-6-9(8)10-2/h3-7,10-11H,1-2H3/t7-/m1/s1. The van der Waals surface area contributed by atoms with Gasteiger partial charge in [0.25, 0.3) is 0 Å². The number of rotatable bonds is 2. The highest BCUT2D eigenvalue weighted by atomic mass is 16.3. The minimum atomic E-state index is -0.404. The Balaban J connectivity index is 3.02. The van der Waals surface area contributed by atoms with Gasteiger partial charge in [-0.25, -0.2) is 0 Å². The van der Waals surface area contributed by atoms with Gasteiger partial charge in [-0.15, -0.1) is 0 Å². The van der Waals surface area contributed by atoms with Gasteiger partial charge < -0.3 is 10.4 Å². The molecule has 0 heterocycles. The quantitative estimate of drug-likeness (QED) is 0.675. The lowest BCUT2D eigenvalue weighted by molar-refractivity contribution is 0.200. The van der Waals surface area contributed by atoms with E-state index in [1.54, 1.807) is 6.92 Å². The van der Waals surface area contributed by atoms with E-state index in [-0.39, 0.29) is 0 Å². The molecule has 60 valence electrons. The third-order valence-corrected chi connectivity index (χ3v) is 1.68. The van der Waals surface area contributed by atoms with Crippen LogP contribution in [0.3, 0.4) is 0 Å². The summed E-state index contributed by atoms with van der Waals surface area (Å²) >= 11 is 0. The van der Waals surface area contributed by atoms with Crippen molar-refractivity contribution in [3.05, 3.63) is 29.8 Å². The zero-order valence-corrected chi connectivity index (χ0v) is 6.83. The second-order valence-electron chi connectivity index (χ2n) is 2.51. The van der Waals surface area contributed by atoms with Gasteiger partial charge in [-0.3, -0.25) is 0 Å². The molecule has 1 atom stereocenters. The molecule has 0 fully saturated rings. The third kappa shape index (κ3) is 1.71. The van der Waals surface area contributed by atoms with Crippen LogP contribution < -0.4 is 5.32 Å². The minimum absolute atomic E-state index is 0.404. The van der Waals surface area contributed by atoms with Crippen LogP contribution in [-0.2, 0) is 0 Å².